The number of hydrogen-bond acceptors (Lipinski definition) is 5. The largest absolute Gasteiger partial charge is 0.376 e. The van der Waals surface area contributed by atoms with E-state index in [9.17, 15) is 14.4 Å². The van der Waals surface area contributed by atoms with Gasteiger partial charge in [0.2, 0.25) is 5.91 Å². The third-order valence-electron chi connectivity index (χ3n) is 5.19. The molecule has 0 aliphatic carbocycles. The molecule has 0 radical (unpaired) electrons. The lowest BCUT2D eigenvalue weighted by Gasteiger charge is -2.24. The summed E-state index contributed by atoms with van der Waals surface area (Å²) in [7, 11) is 3.05. The van der Waals surface area contributed by atoms with E-state index in [1.54, 1.807) is 17.9 Å². The number of imidazole rings is 1. The van der Waals surface area contributed by atoms with Gasteiger partial charge in [0.05, 0.1) is 12.4 Å². The van der Waals surface area contributed by atoms with Crippen molar-refractivity contribution in [3.05, 3.63) is 27.2 Å². The van der Waals surface area contributed by atoms with E-state index in [4.69, 9.17) is 4.74 Å². The van der Waals surface area contributed by atoms with Crippen LogP contribution < -0.4 is 11.2 Å². The Bertz CT molecular complexity index is 936. The Morgan fingerprint density at radius 1 is 1.33 bits per heavy atom. The summed E-state index contributed by atoms with van der Waals surface area (Å²) in [6.07, 6.45) is 4.76. The topological polar surface area (TPSA) is 91.4 Å². The van der Waals surface area contributed by atoms with Gasteiger partial charge in [-0.1, -0.05) is 0 Å². The van der Waals surface area contributed by atoms with Crippen molar-refractivity contribution in [3.63, 3.8) is 0 Å². The summed E-state index contributed by atoms with van der Waals surface area (Å²) in [4.78, 5) is 43.0. The molecule has 1 aliphatic heterocycles. The molecular weight excluding hydrogens is 350 g/mol. The SMILES string of the molecule is CCN(CC1CCCO1)C(=O)CCCn1cnc2c1c(=O)n(C)c(=O)n2C. The number of aryl methyl sites for hydroxylation is 2. The highest BCUT2D eigenvalue weighted by Crippen LogP contribution is 2.14. The maximum Gasteiger partial charge on any atom is 0.332 e. The lowest BCUT2D eigenvalue weighted by Crippen LogP contribution is -2.38. The Labute approximate surface area is 157 Å². The van der Waals surface area contributed by atoms with Gasteiger partial charge in [0, 0.05) is 46.8 Å². The Morgan fingerprint density at radius 2 is 2.11 bits per heavy atom. The molecule has 3 rings (SSSR count). The number of carbonyl (C=O) groups excluding carboxylic acids is 1. The number of carbonyl (C=O) groups is 1. The van der Waals surface area contributed by atoms with Crippen LogP contribution in [0.25, 0.3) is 11.2 Å². The van der Waals surface area contributed by atoms with E-state index in [1.165, 1.54) is 11.6 Å². The van der Waals surface area contributed by atoms with Gasteiger partial charge >= 0.3 is 5.69 Å². The first-order chi connectivity index (χ1) is 12.9. The normalized spacial score (nSPS) is 16.9. The summed E-state index contributed by atoms with van der Waals surface area (Å²) in [6.45, 7) is 4.55. The third-order valence-corrected chi connectivity index (χ3v) is 5.19. The minimum atomic E-state index is -0.402. The molecule has 0 N–H and O–H groups in total. The van der Waals surface area contributed by atoms with Crippen LogP contribution in [0.1, 0.15) is 32.6 Å². The van der Waals surface area contributed by atoms with Crippen molar-refractivity contribution in [1.82, 2.24) is 23.6 Å². The molecule has 1 unspecified atom stereocenters. The summed E-state index contributed by atoms with van der Waals surface area (Å²) in [5.41, 5.74) is -0.0205. The van der Waals surface area contributed by atoms with Crippen molar-refractivity contribution in [1.29, 1.82) is 0 Å². The molecule has 1 amide bonds. The number of amides is 1. The highest BCUT2D eigenvalue weighted by atomic mass is 16.5. The van der Waals surface area contributed by atoms with Gasteiger partial charge in [-0.2, -0.15) is 0 Å². The van der Waals surface area contributed by atoms with Crippen LogP contribution in [0.15, 0.2) is 15.9 Å². The van der Waals surface area contributed by atoms with E-state index >= 15 is 0 Å². The van der Waals surface area contributed by atoms with Crippen LogP contribution in [0.4, 0.5) is 0 Å². The van der Waals surface area contributed by atoms with Crippen molar-refractivity contribution in [2.45, 2.75) is 45.3 Å². The molecule has 148 valence electrons. The molecule has 3 heterocycles. The van der Waals surface area contributed by atoms with Crippen molar-refractivity contribution in [2.75, 3.05) is 19.7 Å². The lowest BCUT2D eigenvalue weighted by atomic mass is 10.2. The first-order valence-electron chi connectivity index (χ1n) is 9.44. The fourth-order valence-corrected chi connectivity index (χ4v) is 3.57. The van der Waals surface area contributed by atoms with Crippen LogP contribution >= 0.6 is 0 Å². The van der Waals surface area contributed by atoms with Gasteiger partial charge in [-0.05, 0) is 26.2 Å². The summed E-state index contributed by atoms with van der Waals surface area (Å²) >= 11 is 0. The summed E-state index contributed by atoms with van der Waals surface area (Å²) < 4.78 is 9.78. The summed E-state index contributed by atoms with van der Waals surface area (Å²) in [5, 5.41) is 0. The van der Waals surface area contributed by atoms with E-state index in [2.05, 4.69) is 4.98 Å². The first-order valence-corrected chi connectivity index (χ1v) is 9.44. The van der Waals surface area contributed by atoms with E-state index in [0.717, 1.165) is 24.0 Å². The standard InChI is InChI=1S/C18H27N5O4/c1-4-22(11-13-7-6-10-27-13)14(24)8-5-9-23-12-19-16-15(23)17(25)21(3)18(26)20(16)2/h12-13H,4-11H2,1-3H3. The maximum atomic E-state index is 12.5. The Morgan fingerprint density at radius 3 is 2.78 bits per heavy atom. The molecule has 9 nitrogen and oxygen atoms in total. The lowest BCUT2D eigenvalue weighted by molar-refractivity contribution is -0.132. The molecule has 2 aromatic rings. The second-order valence-corrected chi connectivity index (χ2v) is 6.99. The van der Waals surface area contributed by atoms with E-state index in [-0.39, 0.29) is 17.6 Å². The van der Waals surface area contributed by atoms with E-state index in [0.29, 0.717) is 43.6 Å². The predicted octanol–water partition coefficient (Wildman–Crippen LogP) is 0.241. The van der Waals surface area contributed by atoms with Crippen LogP contribution in [0, 0.1) is 0 Å². The highest BCUT2D eigenvalue weighted by Gasteiger charge is 2.21. The third kappa shape index (κ3) is 3.83. The maximum absolute atomic E-state index is 12.5. The number of nitrogens with zero attached hydrogens (tertiary/aromatic N) is 5. The molecule has 1 saturated heterocycles. The van der Waals surface area contributed by atoms with Crippen molar-refractivity contribution >= 4 is 17.1 Å². The van der Waals surface area contributed by atoms with Crippen LogP contribution in [0.2, 0.25) is 0 Å². The summed E-state index contributed by atoms with van der Waals surface area (Å²) in [6, 6.07) is 0. The van der Waals surface area contributed by atoms with E-state index < -0.39 is 5.69 Å². The number of fused-ring (bicyclic) bond motifs is 1. The number of aromatic nitrogens is 4. The first kappa shape index (κ1) is 19.3. The minimum Gasteiger partial charge on any atom is -0.376 e. The van der Waals surface area contributed by atoms with Crippen molar-refractivity contribution < 1.29 is 9.53 Å². The quantitative estimate of drug-likeness (QED) is 0.689. The molecular formula is C18H27N5O4. The zero-order chi connectivity index (χ0) is 19.6. The Balaban J connectivity index is 1.66. The predicted molar refractivity (Wildman–Crippen MR) is 101 cm³/mol. The number of ether oxygens (including phenoxy) is 1. The molecule has 0 saturated carbocycles. The highest BCUT2D eigenvalue weighted by molar-refractivity contribution is 5.76. The van der Waals surface area contributed by atoms with Gasteiger partial charge in [-0.15, -0.1) is 0 Å². The monoisotopic (exact) mass is 377 g/mol. The summed E-state index contributed by atoms with van der Waals surface area (Å²) in [5.74, 6) is 0.0951. The van der Waals surface area contributed by atoms with Gasteiger partial charge in [0.25, 0.3) is 5.56 Å². The second kappa shape index (κ2) is 8.08. The van der Waals surface area contributed by atoms with Gasteiger partial charge in [-0.25, -0.2) is 9.78 Å². The molecule has 1 fully saturated rings. The molecule has 0 aromatic carbocycles. The molecule has 2 aromatic heterocycles. The zero-order valence-corrected chi connectivity index (χ0v) is 16.2. The van der Waals surface area contributed by atoms with Crippen LogP contribution in [-0.4, -0.2) is 55.3 Å². The molecule has 1 aliphatic rings. The number of hydrogen-bond donors (Lipinski definition) is 0. The van der Waals surface area contributed by atoms with Crippen molar-refractivity contribution in [2.24, 2.45) is 14.1 Å². The fraction of sp³-hybridized carbons (Fsp3) is 0.667. The molecule has 0 bridgehead atoms. The van der Waals surface area contributed by atoms with Crippen LogP contribution in [-0.2, 0) is 30.2 Å². The fourth-order valence-electron chi connectivity index (χ4n) is 3.57. The Kier molecular flexibility index (Phi) is 5.79. The van der Waals surface area contributed by atoms with Crippen LogP contribution in [0.3, 0.4) is 0 Å². The van der Waals surface area contributed by atoms with Gasteiger partial charge in [0.15, 0.2) is 11.2 Å². The second-order valence-electron chi connectivity index (χ2n) is 6.99. The number of rotatable bonds is 7. The van der Waals surface area contributed by atoms with Gasteiger partial charge in [-0.3, -0.25) is 18.7 Å². The average Bonchev–Trinajstić information content (AvgIpc) is 3.32. The van der Waals surface area contributed by atoms with E-state index in [1.807, 2.05) is 11.8 Å². The zero-order valence-electron chi connectivity index (χ0n) is 16.2. The molecule has 27 heavy (non-hydrogen) atoms. The van der Waals surface area contributed by atoms with Gasteiger partial charge in [0.1, 0.15) is 0 Å². The van der Waals surface area contributed by atoms with Crippen LogP contribution in [0.5, 0.6) is 0 Å². The van der Waals surface area contributed by atoms with Gasteiger partial charge < -0.3 is 14.2 Å². The molecule has 0 spiro atoms. The Hall–Kier alpha value is -2.42. The minimum absolute atomic E-state index is 0.0951. The van der Waals surface area contributed by atoms with Crippen molar-refractivity contribution in [3.8, 4) is 0 Å². The molecule has 9 heteroatoms. The smallest absolute Gasteiger partial charge is 0.332 e. The molecule has 1 atom stereocenters. The average molecular weight is 377 g/mol. The number of likely N-dealkylation sites (N-methyl/N-ethyl adjacent to an activating group) is 1.